The lowest BCUT2D eigenvalue weighted by atomic mass is 10.0. The van der Waals surface area contributed by atoms with Crippen molar-refractivity contribution >= 4 is 0 Å². The molecule has 2 aromatic rings. The summed E-state index contributed by atoms with van der Waals surface area (Å²) in [6, 6.07) is 12.0. The van der Waals surface area contributed by atoms with Crippen LogP contribution in [0.5, 0.6) is 0 Å². The van der Waals surface area contributed by atoms with Crippen LogP contribution in [0.2, 0.25) is 0 Å². The Morgan fingerprint density at radius 3 is 2.72 bits per heavy atom. The molecule has 94 valence electrons. The number of aliphatic hydroxyl groups is 1. The maximum atomic E-state index is 9.11. The first kappa shape index (κ1) is 12.7. The quantitative estimate of drug-likeness (QED) is 0.897. The number of ether oxygens (including phenoxy) is 1. The Kier molecular flexibility index (Phi) is 4.07. The van der Waals surface area contributed by atoms with Crippen molar-refractivity contribution in [3.05, 3.63) is 53.9 Å². The maximum absolute atomic E-state index is 9.11. The van der Waals surface area contributed by atoms with Crippen LogP contribution in [0.1, 0.15) is 24.3 Å². The number of aliphatic hydroxyl groups excluding tert-OH is 1. The van der Waals surface area contributed by atoms with E-state index >= 15 is 0 Å². The van der Waals surface area contributed by atoms with E-state index in [1.54, 1.807) is 13.3 Å². The Balaban J connectivity index is 2.38. The second-order valence-electron chi connectivity index (χ2n) is 4.20. The van der Waals surface area contributed by atoms with Gasteiger partial charge in [-0.25, -0.2) is 0 Å². The van der Waals surface area contributed by atoms with E-state index in [-0.39, 0.29) is 12.7 Å². The molecule has 1 aromatic carbocycles. The van der Waals surface area contributed by atoms with Crippen molar-refractivity contribution in [3.63, 3.8) is 0 Å². The van der Waals surface area contributed by atoms with E-state index in [4.69, 9.17) is 9.84 Å². The molecule has 3 heteroatoms. The third-order valence-electron chi connectivity index (χ3n) is 3.02. The van der Waals surface area contributed by atoms with Crippen LogP contribution in [0.15, 0.2) is 42.6 Å². The van der Waals surface area contributed by atoms with Crippen molar-refractivity contribution in [2.45, 2.75) is 19.6 Å². The highest BCUT2D eigenvalue weighted by atomic mass is 16.5. The molecule has 0 saturated carbocycles. The van der Waals surface area contributed by atoms with E-state index in [0.717, 1.165) is 16.7 Å². The molecule has 1 N–H and O–H groups in total. The fourth-order valence-corrected chi connectivity index (χ4v) is 1.85. The van der Waals surface area contributed by atoms with Gasteiger partial charge in [-0.15, -0.1) is 0 Å². The first-order chi connectivity index (χ1) is 8.74. The van der Waals surface area contributed by atoms with E-state index in [0.29, 0.717) is 5.69 Å². The molecule has 0 aliphatic carbocycles. The van der Waals surface area contributed by atoms with Crippen LogP contribution in [-0.2, 0) is 11.3 Å². The van der Waals surface area contributed by atoms with Crippen LogP contribution < -0.4 is 0 Å². The number of pyridine rings is 1. The van der Waals surface area contributed by atoms with Crippen LogP contribution >= 0.6 is 0 Å². The second kappa shape index (κ2) is 5.76. The van der Waals surface area contributed by atoms with Gasteiger partial charge in [-0.3, -0.25) is 4.98 Å². The molecule has 0 radical (unpaired) electrons. The van der Waals surface area contributed by atoms with Crippen molar-refractivity contribution < 1.29 is 9.84 Å². The fourth-order valence-electron chi connectivity index (χ4n) is 1.85. The zero-order valence-electron chi connectivity index (χ0n) is 10.6. The van der Waals surface area contributed by atoms with E-state index in [1.807, 2.05) is 37.3 Å². The Morgan fingerprint density at radius 1 is 1.22 bits per heavy atom. The fraction of sp³-hybridized carbons (Fsp3) is 0.267. The Hall–Kier alpha value is -1.71. The minimum absolute atomic E-state index is 0.0397. The summed E-state index contributed by atoms with van der Waals surface area (Å²) in [4.78, 5) is 4.08. The minimum atomic E-state index is -0.0397. The summed E-state index contributed by atoms with van der Waals surface area (Å²) in [6.45, 7) is 1.98. The molecule has 0 bridgehead atoms. The van der Waals surface area contributed by atoms with E-state index < -0.39 is 0 Å². The summed E-state index contributed by atoms with van der Waals surface area (Å²) in [5, 5.41) is 9.11. The van der Waals surface area contributed by atoms with E-state index in [2.05, 4.69) is 11.1 Å². The molecule has 0 spiro atoms. The number of aromatic nitrogens is 1. The normalized spacial score (nSPS) is 12.4. The second-order valence-corrected chi connectivity index (χ2v) is 4.20. The molecule has 0 fully saturated rings. The monoisotopic (exact) mass is 243 g/mol. The van der Waals surface area contributed by atoms with Gasteiger partial charge in [-0.1, -0.05) is 18.2 Å². The molecule has 0 saturated heterocycles. The summed E-state index contributed by atoms with van der Waals surface area (Å²) in [5.74, 6) is 0. The standard InChI is InChI=1S/C15H17NO2/c1-11(18-2)12-4-3-5-13(8-12)14-6-7-16-15(9-14)10-17/h3-9,11,17H,10H2,1-2H3/t11-/m0/s1. The van der Waals surface area contributed by atoms with Gasteiger partial charge in [0.15, 0.2) is 0 Å². The highest BCUT2D eigenvalue weighted by Crippen LogP contribution is 2.24. The predicted molar refractivity (Wildman–Crippen MR) is 71.0 cm³/mol. The minimum Gasteiger partial charge on any atom is -0.390 e. The molecule has 18 heavy (non-hydrogen) atoms. The van der Waals surface area contributed by atoms with Gasteiger partial charge < -0.3 is 9.84 Å². The third-order valence-corrected chi connectivity index (χ3v) is 3.02. The predicted octanol–water partition coefficient (Wildman–Crippen LogP) is 2.95. The van der Waals surface area contributed by atoms with Crippen molar-refractivity contribution in [1.29, 1.82) is 0 Å². The highest BCUT2D eigenvalue weighted by Gasteiger charge is 2.06. The summed E-state index contributed by atoms with van der Waals surface area (Å²) >= 11 is 0. The van der Waals surface area contributed by atoms with Gasteiger partial charge in [0.05, 0.1) is 18.4 Å². The number of nitrogens with zero attached hydrogens (tertiary/aromatic N) is 1. The van der Waals surface area contributed by atoms with Crippen molar-refractivity contribution in [2.75, 3.05) is 7.11 Å². The average molecular weight is 243 g/mol. The Morgan fingerprint density at radius 2 is 2.00 bits per heavy atom. The summed E-state index contributed by atoms with van der Waals surface area (Å²) in [6.07, 6.45) is 1.79. The van der Waals surface area contributed by atoms with Crippen LogP contribution in [0.25, 0.3) is 11.1 Å². The molecule has 1 atom stereocenters. The molecule has 0 aliphatic rings. The molecule has 0 unspecified atom stereocenters. The van der Waals surface area contributed by atoms with Crippen molar-refractivity contribution in [3.8, 4) is 11.1 Å². The zero-order valence-corrected chi connectivity index (χ0v) is 10.6. The van der Waals surface area contributed by atoms with Gasteiger partial charge in [0.2, 0.25) is 0 Å². The Bertz CT molecular complexity index is 525. The molecule has 1 heterocycles. The smallest absolute Gasteiger partial charge is 0.0853 e. The largest absolute Gasteiger partial charge is 0.390 e. The molecule has 2 rings (SSSR count). The summed E-state index contributed by atoms with van der Waals surface area (Å²) in [7, 11) is 1.70. The topological polar surface area (TPSA) is 42.4 Å². The lowest BCUT2D eigenvalue weighted by Crippen LogP contribution is -1.96. The van der Waals surface area contributed by atoms with Gasteiger partial charge in [0.25, 0.3) is 0 Å². The Labute approximate surface area is 107 Å². The maximum Gasteiger partial charge on any atom is 0.0853 e. The number of methoxy groups -OCH3 is 1. The lowest BCUT2D eigenvalue weighted by Gasteiger charge is -2.11. The number of benzene rings is 1. The van der Waals surface area contributed by atoms with Gasteiger partial charge in [0.1, 0.15) is 0 Å². The lowest BCUT2D eigenvalue weighted by molar-refractivity contribution is 0.119. The SMILES string of the molecule is CO[C@@H](C)c1cccc(-c2ccnc(CO)c2)c1. The molecule has 3 nitrogen and oxygen atoms in total. The first-order valence-electron chi connectivity index (χ1n) is 5.93. The van der Waals surface area contributed by atoms with E-state index in [1.165, 1.54) is 0 Å². The summed E-state index contributed by atoms with van der Waals surface area (Å²) in [5.41, 5.74) is 3.97. The van der Waals surface area contributed by atoms with Gasteiger partial charge in [-0.2, -0.15) is 0 Å². The van der Waals surface area contributed by atoms with Gasteiger partial charge in [0, 0.05) is 13.3 Å². The molecule has 0 amide bonds. The average Bonchev–Trinajstić information content (AvgIpc) is 2.46. The van der Waals surface area contributed by atoms with Crippen LogP contribution in [0.4, 0.5) is 0 Å². The highest BCUT2D eigenvalue weighted by molar-refractivity contribution is 5.64. The van der Waals surface area contributed by atoms with Crippen LogP contribution in [0.3, 0.4) is 0 Å². The first-order valence-corrected chi connectivity index (χ1v) is 5.93. The van der Waals surface area contributed by atoms with Crippen LogP contribution in [0, 0.1) is 0 Å². The molecule has 0 aliphatic heterocycles. The molecule has 1 aromatic heterocycles. The number of hydrogen-bond donors (Lipinski definition) is 1. The zero-order chi connectivity index (χ0) is 13.0. The van der Waals surface area contributed by atoms with E-state index in [9.17, 15) is 0 Å². The van der Waals surface area contributed by atoms with Gasteiger partial charge in [-0.05, 0) is 41.8 Å². The third kappa shape index (κ3) is 2.75. The van der Waals surface area contributed by atoms with Gasteiger partial charge >= 0.3 is 0 Å². The number of hydrogen-bond acceptors (Lipinski definition) is 3. The van der Waals surface area contributed by atoms with Crippen molar-refractivity contribution in [2.24, 2.45) is 0 Å². The summed E-state index contributed by atoms with van der Waals surface area (Å²) < 4.78 is 5.32. The molecular weight excluding hydrogens is 226 g/mol. The van der Waals surface area contributed by atoms with Crippen molar-refractivity contribution in [1.82, 2.24) is 4.98 Å². The molecular formula is C15H17NO2. The van der Waals surface area contributed by atoms with Crippen LogP contribution in [-0.4, -0.2) is 17.2 Å². The number of rotatable bonds is 4.